The van der Waals surface area contributed by atoms with Crippen LogP contribution in [0.4, 0.5) is 5.69 Å². The zero-order chi connectivity index (χ0) is 14.1. The maximum Gasteiger partial charge on any atom is 0.290 e. The summed E-state index contributed by atoms with van der Waals surface area (Å²) in [5.74, 6) is 0.941. The molecule has 1 heterocycles. The Morgan fingerprint density at radius 2 is 1.95 bits per heavy atom. The Morgan fingerprint density at radius 1 is 1.25 bits per heavy atom. The number of hydrogen-bond acceptors (Lipinski definition) is 2. The van der Waals surface area contributed by atoms with Gasteiger partial charge in [0.25, 0.3) is 5.91 Å². The number of halogens is 2. The number of nitrogens with one attached hydrogen (secondary N) is 1. The molecule has 3 rings (SSSR count). The number of carbonyl (C=O) groups excluding carboxylic acids is 1. The van der Waals surface area contributed by atoms with Crippen molar-refractivity contribution >= 4 is 34.8 Å². The highest BCUT2D eigenvalue weighted by atomic mass is 35.5. The van der Waals surface area contributed by atoms with Crippen molar-refractivity contribution in [3.8, 4) is 0 Å². The summed E-state index contributed by atoms with van der Waals surface area (Å²) in [5.41, 5.74) is 0.572. The van der Waals surface area contributed by atoms with E-state index in [1.807, 2.05) is 6.08 Å². The van der Waals surface area contributed by atoms with E-state index in [4.69, 9.17) is 27.9 Å². The Bertz CT molecular complexity index is 547. The molecule has 1 fully saturated rings. The molecular weight excluding hydrogens is 297 g/mol. The lowest BCUT2D eigenvalue weighted by Gasteiger charge is -2.13. The van der Waals surface area contributed by atoms with Crippen LogP contribution in [-0.2, 0) is 9.53 Å². The number of rotatable bonds is 4. The van der Waals surface area contributed by atoms with E-state index in [1.165, 1.54) is 12.8 Å². The second kappa shape index (κ2) is 5.66. The van der Waals surface area contributed by atoms with Gasteiger partial charge in [-0.25, -0.2) is 0 Å². The molecule has 0 bridgehead atoms. The van der Waals surface area contributed by atoms with E-state index >= 15 is 0 Å². The predicted molar refractivity (Wildman–Crippen MR) is 80.0 cm³/mol. The monoisotopic (exact) mass is 311 g/mol. The first-order valence-electron chi connectivity index (χ1n) is 6.74. The highest BCUT2D eigenvalue weighted by Gasteiger charge is 2.30. The molecule has 0 spiro atoms. The average Bonchev–Trinajstić information content (AvgIpc) is 3.03. The van der Waals surface area contributed by atoms with Crippen molar-refractivity contribution in [2.45, 2.75) is 31.8 Å². The molecule has 0 saturated heterocycles. The van der Waals surface area contributed by atoms with Crippen LogP contribution in [0.15, 0.2) is 30.0 Å². The van der Waals surface area contributed by atoms with Crippen molar-refractivity contribution in [2.24, 2.45) is 5.92 Å². The highest BCUT2D eigenvalue weighted by Crippen LogP contribution is 2.37. The quantitative estimate of drug-likeness (QED) is 0.894. The van der Waals surface area contributed by atoms with Gasteiger partial charge in [0.15, 0.2) is 5.76 Å². The second-order valence-electron chi connectivity index (χ2n) is 5.34. The fraction of sp³-hybridized carbons (Fsp3) is 0.400. The van der Waals surface area contributed by atoms with Crippen molar-refractivity contribution < 1.29 is 9.53 Å². The van der Waals surface area contributed by atoms with Crippen molar-refractivity contribution in [1.29, 1.82) is 0 Å². The summed E-state index contributed by atoms with van der Waals surface area (Å²) < 4.78 is 5.69. The van der Waals surface area contributed by atoms with Crippen molar-refractivity contribution in [1.82, 2.24) is 0 Å². The molecule has 20 heavy (non-hydrogen) atoms. The first-order valence-corrected chi connectivity index (χ1v) is 7.50. The smallest absolute Gasteiger partial charge is 0.290 e. The fourth-order valence-corrected chi connectivity index (χ4v) is 2.87. The number of ether oxygens (including phenoxy) is 1. The van der Waals surface area contributed by atoms with Gasteiger partial charge in [0.05, 0.1) is 0 Å². The van der Waals surface area contributed by atoms with Gasteiger partial charge in [0.1, 0.15) is 6.10 Å². The SMILES string of the molecule is O=C(Nc1cc(Cl)cc(Cl)c1)C1=CCC(CC2CC2)O1. The third-order valence-electron chi connectivity index (χ3n) is 3.50. The molecule has 1 aliphatic heterocycles. The first-order chi connectivity index (χ1) is 9.60. The topological polar surface area (TPSA) is 38.3 Å². The first kappa shape index (κ1) is 13.8. The van der Waals surface area contributed by atoms with E-state index in [2.05, 4.69) is 5.32 Å². The minimum Gasteiger partial charge on any atom is -0.485 e. The maximum absolute atomic E-state index is 12.1. The van der Waals surface area contributed by atoms with E-state index in [0.717, 1.165) is 18.8 Å². The molecule has 1 unspecified atom stereocenters. The van der Waals surface area contributed by atoms with Crippen LogP contribution in [0, 0.1) is 5.92 Å². The number of hydrogen-bond donors (Lipinski definition) is 1. The Kier molecular flexibility index (Phi) is 3.90. The van der Waals surface area contributed by atoms with Crippen LogP contribution in [0.2, 0.25) is 10.0 Å². The predicted octanol–water partition coefficient (Wildman–Crippen LogP) is 4.40. The third kappa shape index (κ3) is 3.47. The van der Waals surface area contributed by atoms with Gasteiger partial charge >= 0.3 is 0 Å². The minimum absolute atomic E-state index is 0.159. The van der Waals surface area contributed by atoms with Gasteiger partial charge in [-0.05, 0) is 36.6 Å². The van der Waals surface area contributed by atoms with Crippen LogP contribution in [0.25, 0.3) is 0 Å². The van der Waals surface area contributed by atoms with E-state index in [9.17, 15) is 4.79 Å². The lowest BCUT2D eigenvalue weighted by atomic mass is 10.1. The summed E-state index contributed by atoms with van der Waals surface area (Å²) in [4.78, 5) is 12.1. The molecule has 1 aromatic rings. The molecule has 1 aliphatic carbocycles. The molecular formula is C15H15Cl2NO2. The standard InChI is InChI=1S/C15H15Cl2NO2/c16-10-6-11(17)8-12(7-10)18-15(19)14-4-3-13(20-14)5-9-1-2-9/h4,6-9,13H,1-3,5H2,(H,18,19). The molecule has 1 saturated carbocycles. The number of carbonyl (C=O) groups is 1. The fourth-order valence-electron chi connectivity index (χ4n) is 2.35. The van der Waals surface area contributed by atoms with Crippen LogP contribution < -0.4 is 5.32 Å². The molecule has 106 valence electrons. The third-order valence-corrected chi connectivity index (χ3v) is 3.93. The van der Waals surface area contributed by atoms with E-state index in [-0.39, 0.29) is 12.0 Å². The minimum atomic E-state index is -0.248. The Balaban J connectivity index is 1.58. The zero-order valence-corrected chi connectivity index (χ0v) is 12.4. The molecule has 1 aromatic carbocycles. The van der Waals surface area contributed by atoms with Gasteiger partial charge in [-0.15, -0.1) is 0 Å². The van der Waals surface area contributed by atoms with Gasteiger partial charge in [0, 0.05) is 22.2 Å². The summed E-state index contributed by atoms with van der Waals surface area (Å²) in [6.45, 7) is 0. The van der Waals surface area contributed by atoms with Crippen molar-refractivity contribution in [3.05, 3.63) is 40.1 Å². The van der Waals surface area contributed by atoms with Gasteiger partial charge in [-0.2, -0.15) is 0 Å². The van der Waals surface area contributed by atoms with Gasteiger partial charge in [0.2, 0.25) is 0 Å². The van der Waals surface area contributed by atoms with E-state index in [1.54, 1.807) is 18.2 Å². The molecule has 0 radical (unpaired) electrons. The van der Waals surface area contributed by atoms with Crippen LogP contribution in [0.5, 0.6) is 0 Å². The summed E-state index contributed by atoms with van der Waals surface area (Å²) >= 11 is 11.8. The molecule has 3 nitrogen and oxygen atoms in total. The van der Waals surface area contributed by atoms with Crippen molar-refractivity contribution in [2.75, 3.05) is 5.32 Å². The van der Waals surface area contributed by atoms with Crippen LogP contribution in [0.3, 0.4) is 0 Å². The number of amides is 1. The molecule has 5 heteroatoms. The van der Waals surface area contributed by atoms with Crippen molar-refractivity contribution in [3.63, 3.8) is 0 Å². The largest absolute Gasteiger partial charge is 0.485 e. The molecule has 1 amide bonds. The molecule has 1 atom stereocenters. The van der Waals surface area contributed by atoms with E-state index < -0.39 is 0 Å². The highest BCUT2D eigenvalue weighted by molar-refractivity contribution is 6.35. The van der Waals surface area contributed by atoms with Crippen LogP contribution >= 0.6 is 23.2 Å². The van der Waals surface area contributed by atoms with Gasteiger partial charge in [-0.1, -0.05) is 36.0 Å². The summed E-state index contributed by atoms with van der Waals surface area (Å²) in [5, 5.41) is 3.73. The average molecular weight is 312 g/mol. The van der Waals surface area contributed by atoms with Gasteiger partial charge < -0.3 is 10.1 Å². The Morgan fingerprint density at radius 3 is 2.60 bits per heavy atom. The van der Waals surface area contributed by atoms with Gasteiger partial charge in [-0.3, -0.25) is 4.79 Å². The summed E-state index contributed by atoms with van der Waals surface area (Å²) in [6, 6.07) is 4.93. The lowest BCUT2D eigenvalue weighted by Crippen LogP contribution is -2.17. The van der Waals surface area contributed by atoms with E-state index in [0.29, 0.717) is 21.5 Å². The summed E-state index contributed by atoms with van der Waals surface area (Å²) in [7, 11) is 0. The normalized spacial score (nSPS) is 21.3. The molecule has 1 N–H and O–H groups in total. The number of benzene rings is 1. The van der Waals surface area contributed by atoms with Crippen LogP contribution in [0.1, 0.15) is 25.7 Å². The Labute approximate surface area is 127 Å². The second-order valence-corrected chi connectivity index (χ2v) is 6.21. The Hall–Kier alpha value is -1.19. The zero-order valence-electron chi connectivity index (χ0n) is 10.9. The molecule has 0 aromatic heterocycles. The van der Waals surface area contributed by atoms with Crippen LogP contribution in [-0.4, -0.2) is 12.0 Å². The maximum atomic E-state index is 12.1. The lowest BCUT2D eigenvalue weighted by molar-refractivity contribution is -0.116. The number of anilines is 1. The molecule has 2 aliphatic rings. The summed E-state index contributed by atoms with van der Waals surface area (Å²) in [6.07, 6.45) is 6.47.